The Morgan fingerprint density at radius 2 is 1.46 bits per heavy atom. The van der Waals surface area contributed by atoms with Gasteiger partial charge in [0.1, 0.15) is 6.17 Å². The highest BCUT2D eigenvalue weighted by atomic mass is 15.3. The predicted octanol–water partition coefficient (Wildman–Crippen LogP) is 9.11. The van der Waals surface area contributed by atoms with Crippen molar-refractivity contribution in [2.24, 2.45) is 0 Å². The lowest BCUT2D eigenvalue weighted by atomic mass is 9.88. The van der Waals surface area contributed by atoms with Crippen molar-refractivity contribution in [2.75, 3.05) is 10.2 Å². The van der Waals surface area contributed by atoms with Crippen molar-refractivity contribution in [1.82, 2.24) is 0 Å². The minimum absolute atomic E-state index is 0.00273. The number of nitrogens with zero attached hydrogens (tertiary/aromatic N) is 2. The van der Waals surface area contributed by atoms with Crippen LogP contribution >= 0.6 is 0 Å². The van der Waals surface area contributed by atoms with Crippen LogP contribution in [0.4, 0.5) is 17.1 Å². The van der Waals surface area contributed by atoms with Gasteiger partial charge in [-0.05, 0) is 45.7 Å². The molecule has 0 aromatic heterocycles. The average Bonchev–Trinajstić information content (AvgIpc) is 3.37. The lowest BCUT2D eigenvalue weighted by Crippen LogP contribution is -2.27. The average molecular weight is 475 g/mol. The zero-order chi connectivity index (χ0) is 24.3. The molecule has 3 heteroatoms. The Hall–Kier alpha value is -4.76. The first kappa shape index (κ1) is 20.4. The van der Waals surface area contributed by atoms with Gasteiger partial charge < -0.3 is 15.5 Å². The number of hydrogen-bond donors (Lipinski definition) is 1. The minimum Gasteiger partial charge on any atom is -0.681 e. The molecular weight excluding hydrogens is 450 g/mol. The van der Waals surface area contributed by atoms with Gasteiger partial charge in [-0.2, -0.15) is 6.20 Å². The van der Waals surface area contributed by atoms with E-state index in [9.17, 15) is 0 Å². The molecule has 0 bridgehead atoms. The fourth-order valence-electron chi connectivity index (χ4n) is 6.07. The standard InChI is InChI=1S/C34H24N3/c1-2-10-25-22(8-1)9-7-12-26(25)24-17-19-30(35-21-24)23-16-18-28-29(20-23)27-11-3-5-14-32(27)37-33-15-6-4-13-31(33)36-34(28)37/h1-21,30,34,36H/q-1. The number of rotatable bonds is 2. The number of nitrogens with one attached hydrogen (secondary N) is 1. The lowest BCUT2D eigenvalue weighted by Gasteiger charge is -2.37. The third-order valence-electron chi connectivity index (χ3n) is 7.81. The minimum atomic E-state index is 0.00273. The number of allylic oxidation sites excluding steroid dienone is 2. The molecule has 0 aliphatic carbocycles. The Balaban J connectivity index is 1.16. The third kappa shape index (κ3) is 3.07. The van der Waals surface area contributed by atoms with Gasteiger partial charge >= 0.3 is 0 Å². The lowest BCUT2D eigenvalue weighted by molar-refractivity contribution is 0.817. The maximum absolute atomic E-state index is 4.99. The molecule has 0 saturated heterocycles. The molecule has 3 heterocycles. The number of hydrogen-bond acceptors (Lipinski definition) is 2. The van der Waals surface area contributed by atoms with Crippen LogP contribution in [-0.2, 0) is 0 Å². The zero-order valence-corrected chi connectivity index (χ0v) is 20.2. The van der Waals surface area contributed by atoms with Gasteiger partial charge in [-0.1, -0.05) is 115 Å². The highest BCUT2D eigenvalue weighted by Gasteiger charge is 2.37. The van der Waals surface area contributed by atoms with Crippen molar-refractivity contribution in [3.05, 3.63) is 150 Å². The van der Waals surface area contributed by atoms with Gasteiger partial charge in [-0.3, -0.25) is 0 Å². The first-order valence-corrected chi connectivity index (χ1v) is 12.8. The Morgan fingerprint density at radius 3 is 2.38 bits per heavy atom. The predicted molar refractivity (Wildman–Crippen MR) is 154 cm³/mol. The second-order valence-electron chi connectivity index (χ2n) is 9.86. The van der Waals surface area contributed by atoms with E-state index in [1.165, 1.54) is 55.7 Å². The van der Waals surface area contributed by atoms with E-state index in [0.717, 1.165) is 5.57 Å². The Morgan fingerprint density at radius 1 is 0.676 bits per heavy atom. The summed E-state index contributed by atoms with van der Waals surface area (Å²) in [6.45, 7) is 0. The monoisotopic (exact) mass is 474 g/mol. The maximum atomic E-state index is 4.99. The molecular formula is C34H24N3-. The summed E-state index contributed by atoms with van der Waals surface area (Å²) in [5, 5.41) is 11.3. The highest BCUT2D eigenvalue weighted by Crippen LogP contribution is 2.54. The van der Waals surface area contributed by atoms with Gasteiger partial charge in [-0.15, -0.1) is 0 Å². The Labute approximate surface area is 216 Å². The summed E-state index contributed by atoms with van der Waals surface area (Å²) in [7, 11) is 0. The summed E-state index contributed by atoms with van der Waals surface area (Å²) >= 11 is 0. The van der Waals surface area contributed by atoms with E-state index in [2.05, 4.69) is 132 Å². The van der Waals surface area contributed by atoms with E-state index >= 15 is 0 Å². The topological polar surface area (TPSA) is 29.4 Å². The van der Waals surface area contributed by atoms with E-state index in [4.69, 9.17) is 5.32 Å². The molecule has 3 nitrogen and oxygen atoms in total. The van der Waals surface area contributed by atoms with Crippen molar-refractivity contribution in [3.63, 3.8) is 0 Å². The molecule has 3 aliphatic rings. The third-order valence-corrected chi connectivity index (χ3v) is 7.81. The summed E-state index contributed by atoms with van der Waals surface area (Å²) in [4.78, 5) is 2.43. The molecule has 8 rings (SSSR count). The molecule has 1 N–H and O–H groups in total. The number of fused-ring (bicyclic) bond motifs is 9. The molecule has 2 unspecified atom stereocenters. The number of para-hydroxylation sites is 3. The molecule has 0 fully saturated rings. The summed E-state index contributed by atoms with van der Waals surface area (Å²) in [6.07, 6.45) is 6.58. The van der Waals surface area contributed by atoms with Crippen molar-refractivity contribution in [1.29, 1.82) is 0 Å². The van der Waals surface area contributed by atoms with E-state index in [0.29, 0.717) is 0 Å². The molecule has 0 radical (unpaired) electrons. The van der Waals surface area contributed by atoms with Crippen molar-refractivity contribution < 1.29 is 0 Å². The summed E-state index contributed by atoms with van der Waals surface area (Å²) in [6, 6.07) is 39.2. The van der Waals surface area contributed by atoms with Crippen LogP contribution in [0.3, 0.4) is 0 Å². The first-order valence-electron chi connectivity index (χ1n) is 12.8. The molecule has 5 aromatic rings. The van der Waals surface area contributed by atoms with Gasteiger partial charge in [0, 0.05) is 11.1 Å². The molecule has 37 heavy (non-hydrogen) atoms. The Kier molecular flexibility index (Phi) is 4.35. The van der Waals surface area contributed by atoms with Gasteiger partial charge in [0.25, 0.3) is 0 Å². The van der Waals surface area contributed by atoms with E-state index < -0.39 is 0 Å². The van der Waals surface area contributed by atoms with Crippen LogP contribution in [-0.4, -0.2) is 0 Å². The van der Waals surface area contributed by atoms with Crippen LogP contribution in [0.1, 0.15) is 28.9 Å². The van der Waals surface area contributed by atoms with Crippen LogP contribution in [0.25, 0.3) is 32.8 Å². The molecule has 2 atom stereocenters. The summed E-state index contributed by atoms with van der Waals surface area (Å²) in [5.41, 5.74) is 11.1. The van der Waals surface area contributed by atoms with Crippen molar-refractivity contribution >= 4 is 33.4 Å². The van der Waals surface area contributed by atoms with Crippen LogP contribution in [0.5, 0.6) is 0 Å². The second-order valence-corrected chi connectivity index (χ2v) is 9.86. The SMILES string of the molecule is C1=CC(c2ccc3c(c2)-c2ccccc2N2c4ccccc4NC32)[N-]C=C1c1cccc2ccccc12. The first-order chi connectivity index (χ1) is 18.3. The fraction of sp³-hybridized carbons (Fsp3) is 0.0588. The van der Waals surface area contributed by atoms with E-state index in [-0.39, 0.29) is 12.2 Å². The number of anilines is 3. The Bertz CT molecular complexity index is 1760. The van der Waals surface area contributed by atoms with Gasteiger partial charge in [0.15, 0.2) is 0 Å². The van der Waals surface area contributed by atoms with Gasteiger partial charge in [-0.25, -0.2) is 0 Å². The molecule has 3 aliphatic heterocycles. The zero-order valence-electron chi connectivity index (χ0n) is 20.2. The second kappa shape index (κ2) is 7.87. The fourth-order valence-corrected chi connectivity index (χ4v) is 6.07. The van der Waals surface area contributed by atoms with E-state index in [1.54, 1.807) is 0 Å². The van der Waals surface area contributed by atoms with Gasteiger partial charge in [0.2, 0.25) is 0 Å². The number of benzene rings is 5. The van der Waals surface area contributed by atoms with Gasteiger partial charge in [0.05, 0.1) is 17.1 Å². The summed E-state index contributed by atoms with van der Waals surface area (Å²) in [5.74, 6) is 0. The normalized spacial score (nSPS) is 18.7. The molecule has 0 spiro atoms. The van der Waals surface area contributed by atoms with Crippen LogP contribution < -0.4 is 10.2 Å². The van der Waals surface area contributed by atoms with Crippen LogP contribution in [0.15, 0.2) is 128 Å². The van der Waals surface area contributed by atoms with Crippen molar-refractivity contribution in [3.8, 4) is 11.1 Å². The van der Waals surface area contributed by atoms with Crippen molar-refractivity contribution in [2.45, 2.75) is 12.2 Å². The quantitative estimate of drug-likeness (QED) is 0.276. The molecule has 5 aromatic carbocycles. The smallest absolute Gasteiger partial charge is 0.131 e. The van der Waals surface area contributed by atoms with E-state index in [1.807, 2.05) is 6.20 Å². The largest absolute Gasteiger partial charge is 0.681 e. The maximum Gasteiger partial charge on any atom is 0.131 e. The molecule has 0 saturated carbocycles. The highest BCUT2D eigenvalue weighted by molar-refractivity contribution is 5.97. The molecule has 176 valence electrons. The molecule has 0 amide bonds. The van der Waals surface area contributed by atoms with Crippen LogP contribution in [0.2, 0.25) is 0 Å². The van der Waals surface area contributed by atoms with Crippen LogP contribution in [0, 0.1) is 0 Å². The summed E-state index contributed by atoms with van der Waals surface area (Å²) < 4.78 is 0.